The summed E-state index contributed by atoms with van der Waals surface area (Å²) in [6, 6.07) is 1.76. The molecule has 9 heteroatoms. The number of carbonyl (C=O) groups excluding carboxylic acids is 1. The summed E-state index contributed by atoms with van der Waals surface area (Å²) in [4.78, 5) is 22.9. The highest BCUT2D eigenvalue weighted by Crippen LogP contribution is 2.31. The Morgan fingerprint density at radius 3 is 2.40 bits per heavy atom. The van der Waals surface area contributed by atoms with E-state index in [1.165, 1.54) is 23.6 Å². The third-order valence-electron chi connectivity index (χ3n) is 6.31. The number of hydrogen-bond donors (Lipinski definition) is 1. The van der Waals surface area contributed by atoms with Crippen LogP contribution in [0.3, 0.4) is 0 Å². The molecule has 3 rings (SSSR count). The second kappa shape index (κ2) is 11.0. The molecule has 1 N–H and O–H groups in total. The molecule has 1 saturated heterocycles. The Morgan fingerprint density at radius 2 is 1.77 bits per heavy atom. The predicted octanol–water partition coefficient (Wildman–Crippen LogP) is 2.04. The van der Waals surface area contributed by atoms with Crippen LogP contribution >= 0.6 is 0 Å². The van der Waals surface area contributed by atoms with Crippen molar-refractivity contribution in [3.05, 3.63) is 18.5 Å². The van der Waals surface area contributed by atoms with Gasteiger partial charge in [0.1, 0.15) is 0 Å². The zero-order valence-corrected chi connectivity index (χ0v) is 18.8. The van der Waals surface area contributed by atoms with Crippen LogP contribution in [0.25, 0.3) is 0 Å². The van der Waals surface area contributed by atoms with Crippen LogP contribution in [0, 0.1) is 11.8 Å². The summed E-state index contributed by atoms with van der Waals surface area (Å²) >= 11 is 0. The van der Waals surface area contributed by atoms with Gasteiger partial charge in [0.15, 0.2) is 0 Å². The van der Waals surface area contributed by atoms with E-state index >= 15 is 0 Å². The molecule has 0 spiro atoms. The van der Waals surface area contributed by atoms with E-state index in [2.05, 4.69) is 22.2 Å². The van der Waals surface area contributed by atoms with Crippen molar-refractivity contribution < 1.29 is 13.2 Å². The van der Waals surface area contributed by atoms with Crippen LogP contribution < -0.4 is 10.2 Å². The smallest absolute Gasteiger partial charge is 0.225 e. The van der Waals surface area contributed by atoms with Gasteiger partial charge in [-0.2, -0.15) is 4.31 Å². The lowest BCUT2D eigenvalue weighted by molar-refractivity contribution is -0.126. The second-order valence-corrected chi connectivity index (χ2v) is 10.5. The quantitative estimate of drug-likeness (QED) is 0.635. The first-order chi connectivity index (χ1) is 14.5. The minimum Gasteiger partial charge on any atom is -0.355 e. The van der Waals surface area contributed by atoms with E-state index in [-0.39, 0.29) is 24.1 Å². The van der Waals surface area contributed by atoms with Gasteiger partial charge in [-0.3, -0.25) is 4.79 Å². The Labute approximate surface area is 180 Å². The van der Waals surface area contributed by atoms with Gasteiger partial charge < -0.3 is 10.2 Å². The molecule has 1 aromatic heterocycles. The molecule has 168 valence electrons. The van der Waals surface area contributed by atoms with Gasteiger partial charge in [0.2, 0.25) is 21.9 Å². The Morgan fingerprint density at radius 1 is 1.10 bits per heavy atom. The van der Waals surface area contributed by atoms with Gasteiger partial charge in [0.25, 0.3) is 0 Å². The van der Waals surface area contributed by atoms with E-state index in [0.717, 1.165) is 31.6 Å². The zero-order valence-electron chi connectivity index (χ0n) is 18.0. The lowest BCUT2D eigenvalue weighted by Crippen LogP contribution is -2.50. The lowest BCUT2D eigenvalue weighted by atomic mass is 9.79. The van der Waals surface area contributed by atoms with Crippen molar-refractivity contribution in [1.82, 2.24) is 19.6 Å². The van der Waals surface area contributed by atoms with Crippen molar-refractivity contribution in [3.63, 3.8) is 0 Å². The normalized spacial score (nSPS) is 23.3. The van der Waals surface area contributed by atoms with Gasteiger partial charge in [-0.05, 0) is 37.7 Å². The van der Waals surface area contributed by atoms with Crippen molar-refractivity contribution in [1.29, 1.82) is 0 Å². The molecule has 0 bridgehead atoms. The summed E-state index contributed by atoms with van der Waals surface area (Å²) in [5.41, 5.74) is 0. The third kappa shape index (κ3) is 6.38. The van der Waals surface area contributed by atoms with Crippen molar-refractivity contribution in [2.24, 2.45) is 11.8 Å². The summed E-state index contributed by atoms with van der Waals surface area (Å²) in [6.07, 6.45) is 11.2. The van der Waals surface area contributed by atoms with Gasteiger partial charge in [0, 0.05) is 51.0 Å². The van der Waals surface area contributed by atoms with E-state index in [4.69, 9.17) is 0 Å². The number of sulfonamides is 1. The fraction of sp³-hybridized carbons (Fsp3) is 0.762. The molecule has 30 heavy (non-hydrogen) atoms. The molecule has 2 heterocycles. The highest BCUT2D eigenvalue weighted by molar-refractivity contribution is 7.89. The number of rotatable bonds is 9. The van der Waals surface area contributed by atoms with Crippen LogP contribution in [0.1, 0.15) is 51.9 Å². The molecule has 0 atom stereocenters. The Bertz CT molecular complexity index is 758. The van der Waals surface area contributed by atoms with E-state index in [0.29, 0.717) is 32.1 Å². The number of nitrogens with zero attached hydrogens (tertiary/aromatic N) is 4. The minimum atomic E-state index is -3.38. The van der Waals surface area contributed by atoms with Crippen LogP contribution in [0.5, 0.6) is 0 Å². The molecular formula is C21H35N5O3S. The topological polar surface area (TPSA) is 95.5 Å². The van der Waals surface area contributed by atoms with E-state index in [1.807, 2.05) is 4.90 Å². The van der Waals surface area contributed by atoms with Crippen LogP contribution in [0.2, 0.25) is 0 Å². The summed E-state index contributed by atoms with van der Waals surface area (Å²) in [7, 11) is -3.38. The monoisotopic (exact) mass is 437 g/mol. The van der Waals surface area contributed by atoms with E-state index < -0.39 is 10.0 Å². The summed E-state index contributed by atoms with van der Waals surface area (Å²) < 4.78 is 26.8. The van der Waals surface area contributed by atoms with E-state index in [1.54, 1.807) is 18.5 Å². The highest BCUT2D eigenvalue weighted by Gasteiger charge is 2.29. The summed E-state index contributed by atoms with van der Waals surface area (Å²) in [5, 5.41) is 2.87. The summed E-state index contributed by atoms with van der Waals surface area (Å²) in [6.45, 7) is 4.35. The van der Waals surface area contributed by atoms with Crippen LogP contribution in [-0.2, 0) is 14.8 Å². The zero-order chi connectivity index (χ0) is 21.4. The largest absolute Gasteiger partial charge is 0.355 e. The maximum absolute atomic E-state index is 12.7. The predicted molar refractivity (Wildman–Crippen MR) is 118 cm³/mol. The van der Waals surface area contributed by atoms with Crippen molar-refractivity contribution in [2.75, 3.05) is 43.4 Å². The molecular weight excluding hydrogens is 402 g/mol. The highest BCUT2D eigenvalue weighted by atomic mass is 32.2. The van der Waals surface area contributed by atoms with Gasteiger partial charge in [-0.15, -0.1) is 0 Å². The summed E-state index contributed by atoms with van der Waals surface area (Å²) in [5.74, 6) is 1.40. The fourth-order valence-electron chi connectivity index (χ4n) is 4.40. The Balaban J connectivity index is 1.37. The number of piperazine rings is 1. The van der Waals surface area contributed by atoms with Crippen LogP contribution in [0.15, 0.2) is 18.5 Å². The Hall–Kier alpha value is -1.74. The first-order valence-corrected chi connectivity index (χ1v) is 12.9. The number of carbonyl (C=O) groups is 1. The lowest BCUT2D eigenvalue weighted by Gasteiger charge is -2.34. The van der Waals surface area contributed by atoms with Gasteiger partial charge in [0.05, 0.1) is 5.75 Å². The Kier molecular flexibility index (Phi) is 8.44. The average molecular weight is 438 g/mol. The number of unbranched alkanes of at least 4 members (excludes halogenated alkanes) is 1. The first-order valence-electron chi connectivity index (χ1n) is 11.3. The second-order valence-electron chi connectivity index (χ2n) is 8.40. The molecule has 1 amide bonds. The van der Waals surface area contributed by atoms with Crippen LogP contribution in [0.4, 0.5) is 5.95 Å². The van der Waals surface area contributed by atoms with Crippen LogP contribution in [-0.4, -0.2) is 67.1 Å². The standard InChI is InChI=1S/C21H35N5O3S/c1-2-3-5-18-6-8-19(9-7-18)20(27)22-12-17-30(28,29)26-15-13-25(14-16-26)21-23-10-4-11-24-21/h4,10-11,18-19H,2-3,5-9,12-17H2,1H3,(H,22,27). The van der Waals surface area contributed by atoms with E-state index in [9.17, 15) is 13.2 Å². The van der Waals surface area contributed by atoms with Gasteiger partial charge in [-0.25, -0.2) is 18.4 Å². The molecule has 0 radical (unpaired) electrons. The first kappa shape index (κ1) is 22.9. The molecule has 8 nitrogen and oxygen atoms in total. The third-order valence-corrected chi connectivity index (χ3v) is 8.18. The van der Waals surface area contributed by atoms with Crippen molar-refractivity contribution in [2.45, 2.75) is 51.9 Å². The number of aromatic nitrogens is 2. The number of hydrogen-bond acceptors (Lipinski definition) is 6. The molecule has 1 aliphatic carbocycles. The molecule has 1 saturated carbocycles. The molecule has 1 aromatic rings. The van der Waals surface area contributed by atoms with Crippen molar-refractivity contribution >= 4 is 21.9 Å². The number of amides is 1. The number of anilines is 1. The average Bonchev–Trinajstić information content (AvgIpc) is 2.78. The number of nitrogens with one attached hydrogen (secondary N) is 1. The maximum atomic E-state index is 12.7. The molecule has 0 unspecified atom stereocenters. The molecule has 2 fully saturated rings. The molecule has 0 aromatic carbocycles. The van der Waals surface area contributed by atoms with Gasteiger partial charge >= 0.3 is 0 Å². The van der Waals surface area contributed by atoms with Crippen molar-refractivity contribution in [3.8, 4) is 0 Å². The molecule has 2 aliphatic rings. The SMILES string of the molecule is CCCCC1CCC(C(=O)NCCS(=O)(=O)N2CCN(c3ncccn3)CC2)CC1. The molecule has 1 aliphatic heterocycles. The maximum Gasteiger partial charge on any atom is 0.225 e. The van der Waals surface area contributed by atoms with Gasteiger partial charge in [-0.1, -0.05) is 26.2 Å². The fourth-order valence-corrected chi connectivity index (χ4v) is 5.74. The minimum absolute atomic E-state index is 0.0187.